The molecule has 0 radical (unpaired) electrons. The van der Waals surface area contributed by atoms with E-state index in [2.05, 4.69) is 48.3 Å². The molecular formula is C16H30N4O. The number of hydrogen-bond donors (Lipinski definition) is 3. The minimum atomic E-state index is 0.182. The summed E-state index contributed by atoms with van der Waals surface area (Å²) in [6.45, 7) is 11.6. The van der Waals surface area contributed by atoms with Crippen molar-refractivity contribution in [1.82, 2.24) is 9.97 Å². The molecule has 0 amide bonds. The van der Waals surface area contributed by atoms with Gasteiger partial charge in [-0.2, -0.15) is 0 Å². The van der Waals surface area contributed by atoms with Crippen LogP contribution in [0.15, 0.2) is 0 Å². The summed E-state index contributed by atoms with van der Waals surface area (Å²) in [5.74, 6) is 3.07. The summed E-state index contributed by atoms with van der Waals surface area (Å²) in [5, 5.41) is 16.1. The molecule has 1 atom stereocenters. The number of aromatic nitrogens is 2. The molecule has 1 aromatic rings. The van der Waals surface area contributed by atoms with E-state index in [4.69, 9.17) is 0 Å². The average Bonchev–Trinajstić information content (AvgIpc) is 2.47. The molecule has 0 aromatic carbocycles. The van der Waals surface area contributed by atoms with E-state index < -0.39 is 0 Å². The number of aryl methyl sites for hydroxylation is 1. The lowest BCUT2D eigenvalue weighted by molar-refractivity contribution is 0.267. The molecule has 0 saturated carbocycles. The first-order valence-corrected chi connectivity index (χ1v) is 8.02. The molecule has 1 rings (SSSR count). The molecule has 0 saturated heterocycles. The smallest absolute Gasteiger partial charge is 0.135 e. The van der Waals surface area contributed by atoms with Crippen molar-refractivity contribution in [3.8, 4) is 0 Å². The van der Waals surface area contributed by atoms with Gasteiger partial charge in [0, 0.05) is 31.2 Å². The first-order valence-electron chi connectivity index (χ1n) is 8.02. The SMILES string of the molecule is CCCNc1nc(CC)nc(NC(CCO)C(C)C)c1C. The lowest BCUT2D eigenvalue weighted by Gasteiger charge is -2.24. The number of rotatable bonds is 9. The van der Waals surface area contributed by atoms with Gasteiger partial charge >= 0.3 is 0 Å². The van der Waals surface area contributed by atoms with Crippen molar-refractivity contribution in [1.29, 1.82) is 0 Å². The van der Waals surface area contributed by atoms with Crippen molar-refractivity contribution in [2.24, 2.45) is 5.92 Å². The van der Waals surface area contributed by atoms with E-state index in [1.807, 2.05) is 6.92 Å². The van der Waals surface area contributed by atoms with Crippen LogP contribution in [0.3, 0.4) is 0 Å². The summed E-state index contributed by atoms with van der Waals surface area (Å²) in [5.41, 5.74) is 1.05. The topological polar surface area (TPSA) is 70.1 Å². The van der Waals surface area contributed by atoms with Gasteiger partial charge in [-0.3, -0.25) is 0 Å². The van der Waals surface area contributed by atoms with E-state index >= 15 is 0 Å². The second kappa shape index (κ2) is 8.82. The largest absolute Gasteiger partial charge is 0.396 e. The Hall–Kier alpha value is -1.36. The number of aliphatic hydroxyl groups excluding tert-OH is 1. The summed E-state index contributed by atoms with van der Waals surface area (Å²) in [6.07, 6.45) is 2.59. The lowest BCUT2D eigenvalue weighted by Crippen LogP contribution is -2.28. The van der Waals surface area contributed by atoms with Gasteiger partial charge in [0.2, 0.25) is 0 Å². The third-order valence-corrected chi connectivity index (χ3v) is 3.62. The van der Waals surface area contributed by atoms with Crippen LogP contribution in [-0.2, 0) is 6.42 Å². The van der Waals surface area contributed by atoms with Crippen LogP contribution in [0.25, 0.3) is 0 Å². The van der Waals surface area contributed by atoms with E-state index in [1.54, 1.807) is 0 Å². The Morgan fingerprint density at radius 1 is 1.14 bits per heavy atom. The van der Waals surface area contributed by atoms with Crippen LogP contribution in [0.1, 0.15) is 51.9 Å². The number of anilines is 2. The maximum Gasteiger partial charge on any atom is 0.135 e. The van der Waals surface area contributed by atoms with Gasteiger partial charge < -0.3 is 15.7 Å². The van der Waals surface area contributed by atoms with Gasteiger partial charge in [0.25, 0.3) is 0 Å². The van der Waals surface area contributed by atoms with Crippen molar-refractivity contribution in [3.63, 3.8) is 0 Å². The summed E-state index contributed by atoms with van der Waals surface area (Å²) in [4.78, 5) is 9.20. The molecule has 120 valence electrons. The molecule has 21 heavy (non-hydrogen) atoms. The fourth-order valence-corrected chi connectivity index (χ4v) is 2.16. The molecule has 0 spiro atoms. The normalized spacial score (nSPS) is 12.5. The molecule has 0 aliphatic carbocycles. The number of nitrogens with one attached hydrogen (secondary N) is 2. The van der Waals surface area contributed by atoms with Gasteiger partial charge in [-0.15, -0.1) is 0 Å². The molecule has 0 bridgehead atoms. The second-order valence-corrected chi connectivity index (χ2v) is 5.75. The Morgan fingerprint density at radius 3 is 2.33 bits per heavy atom. The molecular weight excluding hydrogens is 264 g/mol. The van der Waals surface area contributed by atoms with Crippen molar-refractivity contribution in [3.05, 3.63) is 11.4 Å². The Labute approximate surface area is 128 Å². The van der Waals surface area contributed by atoms with Crippen LogP contribution in [0, 0.1) is 12.8 Å². The summed E-state index contributed by atoms with van der Waals surface area (Å²) >= 11 is 0. The highest BCUT2D eigenvalue weighted by atomic mass is 16.3. The fourth-order valence-electron chi connectivity index (χ4n) is 2.16. The van der Waals surface area contributed by atoms with Gasteiger partial charge in [0.05, 0.1) is 0 Å². The van der Waals surface area contributed by atoms with E-state index in [0.717, 1.165) is 48.8 Å². The maximum atomic E-state index is 9.22. The van der Waals surface area contributed by atoms with Gasteiger partial charge in [-0.25, -0.2) is 9.97 Å². The highest BCUT2D eigenvalue weighted by Crippen LogP contribution is 2.23. The van der Waals surface area contributed by atoms with Gasteiger partial charge in [0.1, 0.15) is 17.5 Å². The zero-order valence-electron chi connectivity index (χ0n) is 14.0. The standard InChI is InChI=1S/C16H30N4O/c1-6-9-17-15-12(5)16(20-14(7-2)19-15)18-13(8-10-21)11(3)4/h11,13,21H,6-10H2,1-5H3,(H2,17,18,19,20). The first-order chi connectivity index (χ1) is 10.0. The highest BCUT2D eigenvalue weighted by molar-refractivity contribution is 5.57. The molecule has 3 N–H and O–H groups in total. The third-order valence-electron chi connectivity index (χ3n) is 3.62. The summed E-state index contributed by atoms with van der Waals surface area (Å²) < 4.78 is 0. The Balaban J connectivity index is 3.03. The highest BCUT2D eigenvalue weighted by Gasteiger charge is 2.17. The monoisotopic (exact) mass is 294 g/mol. The van der Waals surface area contributed by atoms with Crippen LogP contribution >= 0.6 is 0 Å². The minimum Gasteiger partial charge on any atom is -0.396 e. The molecule has 1 heterocycles. The van der Waals surface area contributed by atoms with E-state index in [9.17, 15) is 5.11 Å². The van der Waals surface area contributed by atoms with Gasteiger partial charge in [0.15, 0.2) is 0 Å². The molecule has 5 nitrogen and oxygen atoms in total. The number of aliphatic hydroxyl groups is 1. The molecule has 0 aliphatic heterocycles. The number of hydrogen-bond acceptors (Lipinski definition) is 5. The molecule has 5 heteroatoms. The Bertz CT molecular complexity index is 435. The van der Waals surface area contributed by atoms with E-state index in [-0.39, 0.29) is 12.6 Å². The summed E-state index contributed by atoms with van der Waals surface area (Å²) in [6, 6.07) is 0.215. The minimum absolute atomic E-state index is 0.182. The van der Waals surface area contributed by atoms with E-state index in [1.165, 1.54) is 0 Å². The van der Waals surface area contributed by atoms with Crippen molar-refractivity contribution in [2.45, 2.75) is 59.9 Å². The van der Waals surface area contributed by atoms with Crippen molar-refractivity contribution < 1.29 is 5.11 Å². The van der Waals surface area contributed by atoms with Crippen molar-refractivity contribution >= 4 is 11.6 Å². The molecule has 0 fully saturated rings. The second-order valence-electron chi connectivity index (χ2n) is 5.75. The van der Waals surface area contributed by atoms with Crippen LogP contribution in [-0.4, -0.2) is 34.3 Å². The van der Waals surface area contributed by atoms with Crippen LogP contribution in [0.2, 0.25) is 0 Å². The van der Waals surface area contributed by atoms with Gasteiger partial charge in [-0.05, 0) is 25.7 Å². The van der Waals surface area contributed by atoms with Crippen LogP contribution < -0.4 is 10.6 Å². The quantitative estimate of drug-likeness (QED) is 0.653. The van der Waals surface area contributed by atoms with E-state index in [0.29, 0.717) is 5.92 Å². The summed E-state index contributed by atoms with van der Waals surface area (Å²) in [7, 11) is 0. The van der Waals surface area contributed by atoms with Gasteiger partial charge in [-0.1, -0.05) is 27.7 Å². The Morgan fingerprint density at radius 2 is 1.81 bits per heavy atom. The third kappa shape index (κ3) is 5.16. The Kier molecular flexibility index (Phi) is 7.43. The van der Waals surface area contributed by atoms with Crippen LogP contribution in [0.5, 0.6) is 0 Å². The average molecular weight is 294 g/mol. The molecule has 1 unspecified atom stereocenters. The predicted molar refractivity (Wildman–Crippen MR) is 88.9 cm³/mol. The predicted octanol–water partition coefficient (Wildman–Crippen LogP) is 2.99. The molecule has 1 aromatic heterocycles. The first kappa shape index (κ1) is 17.7. The lowest BCUT2D eigenvalue weighted by atomic mass is 10.0. The maximum absolute atomic E-state index is 9.22. The fraction of sp³-hybridized carbons (Fsp3) is 0.750. The van der Waals surface area contributed by atoms with Crippen molar-refractivity contribution in [2.75, 3.05) is 23.8 Å². The zero-order chi connectivity index (χ0) is 15.8. The zero-order valence-corrected chi connectivity index (χ0v) is 14.0. The van der Waals surface area contributed by atoms with Crippen LogP contribution in [0.4, 0.5) is 11.6 Å². The number of nitrogens with zero attached hydrogens (tertiary/aromatic N) is 2. The molecule has 0 aliphatic rings.